The molecule has 0 unspecified atom stereocenters. The molecule has 0 aromatic heterocycles. The lowest BCUT2D eigenvalue weighted by Gasteiger charge is -2.07. The molecule has 0 spiro atoms. The Hall–Kier alpha value is -1.22. The summed E-state index contributed by atoms with van der Waals surface area (Å²) in [7, 11) is 1.96. The molecule has 4 heteroatoms. The second kappa shape index (κ2) is 3.88. The summed E-state index contributed by atoms with van der Waals surface area (Å²) in [5, 5.41) is 0.717. The fraction of sp³-hybridized carbons (Fsp3) is 0.300. The van der Waals surface area contributed by atoms with E-state index in [4.69, 9.17) is 16.3 Å². The minimum Gasteiger partial charge on any atom is -0.463 e. The lowest BCUT2D eigenvalue weighted by atomic mass is 10.3. The van der Waals surface area contributed by atoms with Gasteiger partial charge in [-0.05, 0) is 24.3 Å². The van der Waals surface area contributed by atoms with Gasteiger partial charge in [-0.25, -0.2) is 0 Å². The molecule has 1 aliphatic heterocycles. The number of rotatable bonds is 1. The summed E-state index contributed by atoms with van der Waals surface area (Å²) in [6.45, 7) is 1.61. The Labute approximate surface area is 88.0 Å². The second-order valence-electron chi connectivity index (χ2n) is 3.14. The predicted molar refractivity (Wildman–Crippen MR) is 57.1 cm³/mol. The summed E-state index contributed by atoms with van der Waals surface area (Å²) < 4.78 is 5.34. The van der Waals surface area contributed by atoms with Gasteiger partial charge in [0, 0.05) is 12.1 Å². The van der Waals surface area contributed by atoms with Crippen LogP contribution < -0.4 is 0 Å². The van der Waals surface area contributed by atoms with Crippen molar-refractivity contribution in [3.63, 3.8) is 0 Å². The average molecular weight is 211 g/mol. The van der Waals surface area contributed by atoms with Crippen LogP contribution in [0.3, 0.4) is 0 Å². The highest BCUT2D eigenvalue weighted by atomic mass is 35.5. The first-order chi connectivity index (χ1) is 6.75. The summed E-state index contributed by atoms with van der Waals surface area (Å²) in [5.41, 5.74) is 0.859. The first kappa shape index (κ1) is 9.34. The summed E-state index contributed by atoms with van der Waals surface area (Å²) in [4.78, 5) is 6.32. The Morgan fingerprint density at radius 1 is 1.36 bits per heavy atom. The molecule has 0 atom stereocenters. The van der Waals surface area contributed by atoms with Crippen molar-refractivity contribution in [3.8, 4) is 0 Å². The lowest BCUT2D eigenvalue weighted by molar-refractivity contribution is 0.352. The Morgan fingerprint density at radius 3 is 2.64 bits per heavy atom. The molecule has 0 amide bonds. The maximum absolute atomic E-state index is 5.77. The minimum absolute atomic E-state index is 0.673. The fourth-order valence-corrected chi connectivity index (χ4v) is 1.35. The average Bonchev–Trinajstić information content (AvgIpc) is 2.56. The predicted octanol–water partition coefficient (Wildman–Crippen LogP) is 2.29. The van der Waals surface area contributed by atoms with E-state index in [-0.39, 0.29) is 0 Å². The van der Waals surface area contributed by atoms with Gasteiger partial charge in [0.15, 0.2) is 0 Å². The first-order valence-electron chi connectivity index (χ1n) is 4.44. The third kappa shape index (κ3) is 1.99. The van der Waals surface area contributed by atoms with Gasteiger partial charge in [-0.3, -0.25) is 0 Å². The summed E-state index contributed by atoms with van der Waals surface area (Å²) >= 11 is 5.77. The molecular weight excluding hydrogens is 200 g/mol. The van der Waals surface area contributed by atoms with Crippen LogP contribution in [0.4, 0.5) is 5.69 Å². The van der Waals surface area contributed by atoms with E-state index in [0.717, 1.165) is 17.3 Å². The highest BCUT2D eigenvalue weighted by molar-refractivity contribution is 6.30. The largest absolute Gasteiger partial charge is 0.463 e. The van der Waals surface area contributed by atoms with Gasteiger partial charge in [-0.2, -0.15) is 4.99 Å². The number of hydrogen-bond donors (Lipinski definition) is 0. The van der Waals surface area contributed by atoms with E-state index in [0.29, 0.717) is 12.6 Å². The van der Waals surface area contributed by atoms with Crippen molar-refractivity contribution in [3.05, 3.63) is 29.3 Å². The van der Waals surface area contributed by atoms with Gasteiger partial charge in [-0.15, -0.1) is 0 Å². The highest BCUT2D eigenvalue weighted by Gasteiger charge is 2.15. The molecule has 74 valence electrons. The van der Waals surface area contributed by atoms with E-state index >= 15 is 0 Å². The SMILES string of the molecule is CN1CCOC1=Nc1ccc(Cl)cc1. The molecule has 14 heavy (non-hydrogen) atoms. The molecule has 1 heterocycles. The zero-order valence-corrected chi connectivity index (χ0v) is 8.66. The molecule has 0 N–H and O–H groups in total. The lowest BCUT2D eigenvalue weighted by Crippen LogP contribution is -2.19. The van der Waals surface area contributed by atoms with Crippen molar-refractivity contribution in [1.29, 1.82) is 0 Å². The fourth-order valence-electron chi connectivity index (χ4n) is 1.22. The van der Waals surface area contributed by atoms with Crippen LogP contribution in [0.25, 0.3) is 0 Å². The van der Waals surface area contributed by atoms with Gasteiger partial charge < -0.3 is 9.64 Å². The maximum Gasteiger partial charge on any atom is 0.292 e. The topological polar surface area (TPSA) is 24.8 Å². The zero-order chi connectivity index (χ0) is 9.97. The van der Waals surface area contributed by atoms with Crippen molar-refractivity contribution in [1.82, 2.24) is 4.90 Å². The summed E-state index contributed by atoms with van der Waals surface area (Å²) in [6, 6.07) is 8.04. The normalized spacial score (nSPS) is 18.7. The van der Waals surface area contributed by atoms with Crippen molar-refractivity contribution in [2.45, 2.75) is 0 Å². The van der Waals surface area contributed by atoms with Gasteiger partial charge in [-0.1, -0.05) is 11.6 Å². The monoisotopic (exact) mass is 210 g/mol. The number of hydrogen-bond acceptors (Lipinski definition) is 2. The van der Waals surface area contributed by atoms with Crippen LogP contribution in [0.1, 0.15) is 0 Å². The number of amidine groups is 1. The third-order valence-corrected chi connectivity index (χ3v) is 2.29. The third-order valence-electron chi connectivity index (χ3n) is 2.04. The van der Waals surface area contributed by atoms with Crippen LogP contribution in [0.2, 0.25) is 5.02 Å². The van der Waals surface area contributed by atoms with Gasteiger partial charge in [0.1, 0.15) is 6.61 Å². The summed E-state index contributed by atoms with van der Waals surface area (Å²) in [6.07, 6.45) is 0. The molecule has 1 fully saturated rings. The number of benzene rings is 1. The van der Waals surface area contributed by atoms with Crippen molar-refractivity contribution >= 4 is 23.3 Å². The molecule has 1 aromatic rings. The molecule has 1 aromatic carbocycles. The Balaban J connectivity index is 2.20. The molecule has 1 saturated heterocycles. The van der Waals surface area contributed by atoms with Crippen molar-refractivity contribution in [2.75, 3.05) is 20.2 Å². The second-order valence-corrected chi connectivity index (χ2v) is 3.58. The van der Waals surface area contributed by atoms with Gasteiger partial charge >= 0.3 is 0 Å². The van der Waals surface area contributed by atoms with E-state index in [2.05, 4.69) is 4.99 Å². The van der Waals surface area contributed by atoms with E-state index in [1.165, 1.54) is 0 Å². The molecule has 0 aliphatic carbocycles. The minimum atomic E-state index is 0.673. The number of ether oxygens (including phenoxy) is 1. The van der Waals surface area contributed by atoms with Crippen LogP contribution in [-0.4, -0.2) is 31.1 Å². The molecule has 3 nitrogen and oxygen atoms in total. The van der Waals surface area contributed by atoms with E-state index in [1.807, 2.05) is 36.2 Å². The van der Waals surface area contributed by atoms with Gasteiger partial charge in [0.2, 0.25) is 0 Å². The Kier molecular flexibility index (Phi) is 2.59. The van der Waals surface area contributed by atoms with Crippen LogP contribution in [0.5, 0.6) is 0 Å². The van der Waals surface area contributed by atoms with E-state index in [1.54, 1.807) is 0 Å². The number of halogens is 1. The van der Waals surface area contributed by atoms with Crippen LogP contribution in [0.15, 0.2) is 29.3 Å². The summed E-state index contributed by atoms with van der Waals surface area (Å²) in [5.74, 6) is 0. The molecule has 0 saturated carbocycles. The van der Waals surface area contributed by atoms with Gasteiger partial charge in [0.05, 0.1) is 12.2 Å². The van der Waals surface area contributed by atoms with Gasteiger partial charge in [0.25, 0.3) is 6.02 Å². The Bertz CT molecular complexity index is 348. The highest BCUT2D eigenvalue weighted by Crippen LogP contribution is 2.17. The first-order valence-corrected chi connectivity index (χ1v) is 4.82. The number of likely N-dealkylation sites (N-methyl/N-ethyl adjacent to an activating group) is 1. The van der Waals surface area contributed by atoms with E-state index < -0.39 is 0 Å². The zero-order valence-electron chi connectivity index (χ0n) is 7.90. The van der Waals surface area contributed by atoms with Crippen LogP contribution >= 0.6 is 11.6 Å². The number of nitrogens with zero attached hydrogens (tertiary/aromatic N) is 2. The smallest absolute Gasteiger partial charge is 0.292 e. The quantitative estimate of drug-likeness (QED) is 0.711. The van der Waals surface area contributed by atoms with Crippen LogP contribution in [0, 0.1) is 0 Å². The molecule has 0 radical (unpaired) electrons. The molecular formula is C10H11ClN2O. The standard InChI is InChI=1S/C10H11ClN2O/c1-13-6-7-14-10(13)12-9-4-2-8(11)3-5-9/h2-5H,6-7H2,1H3. The van der Waals surface area contributed by atoms with Crippen LogP contribution in [-0.2, 0) is 4.74 Å². The molecule has 1 aliphatic rings. The van der Waals surface area contributed by atoms with E-state index in [9.17, 15) is 0 Å². The molecule has 0 bridgehead atoms. The Morgan fingerprint density at radius 2 is 2.07 bits per heavy atom. The maximum atomic E-state index is 5.77. The van der Waals surface area contributed by atoms with Crippen molar-refractivity contribution in [2.24, 2.45) is 4.99 Å². The molecule has 2 rings (SSSR count). The number of aliphatic imine (C=N–C) groups is 1. The van der Waals surface area contributed by atoms with Crippen molar-refractivity contribution < 1.29 is 4.74 Å².